The summed E-state index contributed by atoms with van der Waals surface area (Å²) in [6.45, 7) is 1.98. The summed E-state index contributed by atoms with van der Waals surface area (Å²) in [7, 11) is 1.99. The first-order valence-electron chi connectivity index (χ1n) is 8.94. The molecule has 1 aliphatic rings. The minimum absolute atomic E-state index is 0.158. The normalized spacial score (nSPS) is 15.1. The molecule has 0 aliphatic heterocycles. The van der Waals surface area contributed by atoms with Crippen molar-refractivity contribution in [2.45, 2.75) is 38.1 Å². The Balaban J connectivity index is 1.84. The van der Waals surface area contributed by atoms with Gasteiger partial charge in [0.05, 0.1) is 17.6 Å². The molecule has 0 amide bonds. The van der Waals surface area contributed by atoms with Gasteiger partial charge in [-0.25, -0.2) is 13.8 Å². The van der Waals surface area contributed by atoms with E-state index in [2.05, 4.69) is 14.9 Å². The van der Waals surface area contributed by atoms with Gasteiger partial charge in [-0.05, 0) is 56.0 Å². The zero-order valence-corrected chi connectivity index (χ0v) is 15.0. The summed E-state index contributed by atoms with van der Waals surface area (Å²) in [4.78, 5) is 11.1. The van der Waals surface area contributed by atoms with E-state index < -0.39 is 11.6 Å². The van der Waals surface area contributed by atoms with Crippen LogP contribution in [0, 0.1) is 11.6 Å². The molecule has 0 unspecified atom stereocenters. The van der Waals surface area contributed by atoms with Crippen LogP contribution in [0.3, 0.4) is 0 Å². The zero-order chi connectivity index (χ0) is 18.7. The molecule has 2 aromatic rings. The van der Waals surface area contributed by atoms with Gasteiger partial charge < -0.3 is 11.5 Å². The summed E-state index contributed by atoms with van der Waals surface area (Å²) in [6, 6.07) is 2.65. The molecule has 0 fully saturated rings. The number of fused-ring (bicyclic) bond motifs is 1. The molecule has 140 valence electrons. The van der Waals surface area contributed by atoms with Crippen molar-refractivity contribution in [3.8, 4) is 0 Å². The van der Waals surface area contributed by atoms with Gasteiger partial charge in [-0.2, -0.15) is 0 Å². The molecule has 26 heavy (non-hydrogen) atoms. The molecule has 0 radical (unpaired) electrons. The average molecular weight is 361 g/mol. The molecule has 1 aromatic carbocycles. The highest BCUT2D eigenvalue weighted by atomic mass is 19.2. The molecule has 1 heterocycles. The molecule has 1 aliphatic carbocycles. The number of nitrogens with two attached hydrogens (primary N) is 2. The molecular weight excluding hydrogens is 336 g/mol. The summed E-state index contributed by atoms with van der Waals surface area (Å²) >= 11 is 0. The molecule has 0 saturated carbocycles. The zero-order valence-electron chi connectivity index (χ0n) is 15.0. The van der Waals surface area contributed by atoms with Gasteiger partial charge in [-0.3, -0.25) is 9.88 Å². The summed E-state index contributed by atoms with van der Waals surface area (Å²) in [5, 5.41) is 0. The lowest BCUT2D eigenvalue weighted by molar-refractivity contribution is 0.328. The molecule has 0 spiro atoms. The third kappa shape index (κ3) is 4.16. The van der Waals surface area contributed by atoms with E-state index in [1.807, 2.05) is 7.05 Å². The highest BCUT2D eigenvalue weighted by Gasteiger charge is 2.24. The van der Waals surface area contributed by atoms with Crippen molar-refractivity contribution in [3.63, 3.8) is 0 Å². The molecule has 0 saturated heterocycles. The number of aryl methyl sites for hydroxylation is 2. The van der Waals surface area contributed by atoms with E-state index in [1.165, 1.54) is 12.1 Å². The van der Waals surface area contributed by atoms with E-state index in [-0.39, 0.29) is 5.92 Å². The van der Waals surface area contributed by atoms with Crippen LogP contribution in [0.25, 0.3) is 0 Å². The van der Waals surface area contributed by atoms with Gasteiger partial charge in [0.25, 0.3) is 0 Å². The van der Waals surface area contributed by atoms with Crippen LogP contribution in [0.1, 0.15) is 41.3 Å². The van der Waals surface area contributed by atoms with Crippen LogP contribution in [0.2, 0.25) is 0 Å². The second-order valence-electron chi connectivity index (χ2n) is 6.96. The van der Waals surface area contributed by atoms with Gasteiger partial charge in [0.15, 0.2) is 11.6 Å². The van der Waals surface area contributed by atoms with E-state index >= 15 is 0 Å². The van der Waals surface area contributed by atoms with Crippen molar-refractivity contribution in [1.82, 2.24) is 14.9 Å². The maximum absolute atomic E-state index is 13.6. The number of hydrogen-bond donors (Lipinski definition) is 2. The Bertz CT molecular complexity index is 748. The lowest BCUT2D eigenvalue weighted by Gasteiger charge is -2.21. The largest absolute Gasteiger partial charge is 0.382 e. The Hall–Kier alpha value is -2.12. The summed E-state index contributed by atoms with van der Waals surface area (Å²) in [6.07, 6.45) is 4.57. The Morgan fingerprint density at radius 3 is 2.35 bits per heavy atom. The SMILES string of the molecule is CN(CCN)Cc1ncc(N)nc1C1CCc2cc(F)c(F)cc2CC1. The van der Waals surface area contributed by atoms with Crippen molar-refractivity contribution in [2.75, 3.05) is 25.9 Å². The number of nitrogen functional groups attached to an aromatic ring is 1. The van der Waals surface area contributed by atoms with E-state index in [4.69, 9.17) is 11.5 Å². The topological polar surface area (TPSA) is 81.1 Å². The first kappa shape index (κ1) is 18.7. The number of halogens is 2. The summed E-state index contributed by atoms with van der Waals surface area (Å²) in [5.41, 5.74) is 15.0. The minimum Gasteiger partial charge on any atom is -0.382 e. The van der Waals surface area contributed by atoms with E-state index in [0.717, 1.165) is 41.9 Å². The standard InChI is InChI=1S/C19H25F2N5/c1-26(7-6-22)11-17-19(25-18(23)10-24-17)12-2-4-13-8-15(20)16(21)9-14(13)5-3-12/h8-10,12H,2-7,11,22H2,1H3,(H2,23,25). The Morgan fingerprint density at radius 1 is 1.15 bits per heavy atom. The van der Waals surface area contributed by atoms with E-state index in [9.17, 15) is 8.78 Å². The van der Waals surface area contributed by atoms with Crippen LogP contribution in [0.4, 0.5) is 14.6 Å². The number of anilines is 1. The maximum atomic E-state index is 13.6. The summed E-state index contributed by atoms with van der Waals surface area (Å²) < 4.78 is 27.1. The van der Waals surface area contributed by atoms with Crippen LogP contribution >= 0.6 is 0 Å². The number of hydrogen-bond acceptors (Lipinski definition) is 5. The van der Waals surface area contributed by atoms with Crippen LogP contribution < -0.4 is 11.5 Å². The first-order valence-corrected chi connectivity index (χ1v) is 8.94. The van der Waals surface area contributed by atoms with Crippen molar-refractivity contribution >= 4 is 5.82 Å². The van der Waals surface area contributed by atoms with Crippen LogP contribution in [-0.2, 0) is 19.4 Å². The van der Waals surface area contributed by atoms with Gasteiger partial charge in [0.2, 0.25) is 0 Å². The van der Waals surface area contributed by atoms with Crippen molar-refractivity contribution < 1.29 is 8.78 Å². The fourth-order valence-electron chi connectivity index (χ4n) is 3.62. The summed E-state index contributed by atoms with van der Waals surface area (Å²) in [5.74, 6) is -1.01. The molecule has 4 N–H and O–H groups in total. The van der Waals surface area contributed by atoms with Crippen molar-refractivity contribution in [1.29, 1.82) is 0 Å². The van der Waals surface area contributed by atoms with Crippen LogP contribution in [-0.4, -0.2) is 35.0 Å². The highest BCUT2D eigenvalue weighted by Crippen LogP contribution is 2.33. The molecule has 0 atom stereocenters. The van der Waals surface area contributed by atoms with Gasteiger partial charge >= 0.3 is 0 Å². The molecule has 1 aromatic heterocycles. The van der Waals surface area contributed by atoms with Crippen LogP contribution in [0.5, 0.6) is 0 Å². The lowest BCUT2D eigenvalue weighted by atomic mass is 9.94. The van der Waals surface area contributed by atoms with E-state index in [0.29, 0.717) is 31.7 Å². The fourth-order valence-corrected chi connectivity index (χ4v) is 3.62. The third-order valence-electron chi connectivity index (χ3n) is 4.98. The first-order chi connectivity index (χ1) is 12.5. The van der Waals surface area contributed by atoms with Crippen LogP contribution in [0.15, 0.2) is 18.3 Å². The smallest absolute Gasteiger partial charge is 0.159 e. The van der Waals surface area contributed by atoms with Crippen molar-refractivity contribution in [3.05, 3.63) is 52.5 Å². The predicted octanol–water partition coefficient (Wildman–Crippen LogP) is 2.39. The molecule has 3 rings (SSSR count). The Morgan fingerprint density at radius 2 is 1.77 bits per heavy atom. The average Bonchev–Trinajstić information content (AvgIpc) is 2.80. The predicted molar refractivity (Wildman–Crippen MR) is 97.6 cm³/mol. The molecule has 7 heteroatoms. The quantitative estimate of drug-likeness (QED) is 0.799. The number of aromatic nitrogens is 2. The van der Waals surface area contributed by atoms with Gasteiger partial charge in [-0.1, -0.05) is 0 Å². The van der Waals surface area contributed by atoms with Crippen molar-refractivity contribution in [2.24, 2.45) is 5.73 Å². The molecule has 5 nitrogen and oxygen atoms in total. The lowest BCUT2D eigenvalue weighted by Crippen LogP contribution is -2.26. The fraction of sp³-hybridized carbons (Fsp3) is 0.474. The molecular formula is C19H25F2N5. The van der Waals surface area contributed by atoms with E-state index in [1.54, 1.807) is 6.20 Å². The third-order valence-corrected chi connectivity index (χ3v) is 4.98. The monoisotopic (exact) mass is 361 g/mol. The Kier molecular flexibility index (Phi) is 5.78. The van der Waals surface area contributed by atoms with Gasteiger partial charge in [0.1, 0.15) is 5.82 Å². The minimum atomic E-state index is -0.782. The number of rotatable bonds is 5. The number of nitrogens with zero attached hydrogens (tertiary/aromatic N) is 3. The number of benzene rings is 1. The second-order valence-corrected chi connectivity index (χ2v) is 6.96. The second kappa shape index (κ2) is 8.05. The Labute approximate surface area is 152 Å². The van der Waals surface area contributed by atoms with Gasteiger partial charge in [0, 0.05) is 25.6 Å². The number of likely N-dealkylation sites (N-methyl/N-ethyl adjacent to an activating group) is 1. The maximum Gasteiger partial charge on any atom is 0.159 e. The highest BCUT2D eigenvalue weighted by molar-refractivity contribution is 5.33. The van der Waals surface area contributed by atoms with Gasteiger partial charge in [-0.15, -0.1) is 0 Å². The molecule has 0 bridgehead atoms.